The van der Waals surface area contributed by atoms with Gasteiger partial charge < -0.3 is 9.47 Å². The lowest BCUT2D eigenvalue weighted by Crippen LogP contribution is -2.26. The molecule has 1 aliphatic heterocycles. The predicted octanol–water partition coefficient (Wildman–Crippen LogP) is 3.72. The van der Waals surface area contributed by atoms with E-state index in [1.807, 2.05) is 24.3 Å². The van der Waals surface area contributed by atoms with Gasteiger partial charge in [0, 0.05) is 28.1 Å². The van der Waals surface area contributed by atoms with E-state index in [1.165, 1.54) is 10.7 Å². The summed E-state index contributed by atoms with van der Waals surface area (Å²) in [5.74, 6) is 0.951. The highest BCUT2D eigenvalue weighted by molar-refractivity contribution is 9.10. The molecule has 0 atom stereocenters. The molecule has 28 heavy (non-hydrogen) atoms. The van der Waals surface area contributed by atoms with Gasteiger partial charge in [-0.25, -0.2) is 4.68 Å². The minimum Gasteiger partial charge on any atom is -0.490 e. The molecule has 7 heteroatoms. The molecule has 0 spiro atoms. The van der Waals surface area contributed by atoms with E-state index < -0.39 is 0 Å². The first-order valence-corrected chi connectivity index (χ1v) is 9.66. The lowest BCUT2D eigenvalue weighted by molar-refractivity contribution is 0.0965. The fourth-order valence-corrected chi connectivity index (χ4v) is 3.17. The second kappa shape index (κ2) is 7.98. The van der Waals surface area contributed by atoms with Crippen LogP contribution in [0.1, 0.15) is 16.8 Å². The number of nitrogens with zero attached hydrogens (tertiary/aromatic N) is 2. The molecule has 0 N–H and O–H groups in total. The Balaban J connectivity index is 1.59. The minimum atomic E-state index is -0.330. The summed E-state index contributed by atoms with van der Waals surface area (Å²) in [4.78, 5) is 24.9. The molecule has 2 heterocycles. The lowest BCUT2D eigenvalue weighted by atomic mass is 10.1. The maximum Gasteiger partial charge on any atom is 0.267 e. The molecule has 3 aromatic rings. The Morgan fingerprint density at radius 2 is 1.75 bits per heavy atom. The molecule has 0 saturated carbocycles. The highest BCUT2D eigenvalue weighted by Gasteiger charge is 2.15. The first-order valence-electron chi connectivity index (χ1n) is 8.87. The van der Waals surface area contributed by atoms with Crippen molar-refractivity contribution in [2.24, 2.45) is 0 Å². The summed E-state index contributed by atoms with van der Waals surface area (Å²) in [5, 5.41) is 4.35. The monoisotopic (exact) mass is 440 g/mol. The Hall–Kier alpha value is -2.93. The number of carbonyl (C=O) groups excluding carboxylic acids is 1. The summed E-state index contributed by atoms with van der Waals surface area (Å²) in [6.45, 7) is 0.978. The SMILES string of the molecule is O=C(Cn1nc(-c2ccc(Br)cc2)ccc1=O)c1ccc2c(c1)OCCCO2. The number of hydrogen-bond acceptors (Lipinski definition) is 5. The van der Waals surface area contributed by atoms with E-state index in [-0.39, 0.29) is 17.9 Å². The molecule has 6 nitrogen and oxygen atoms in total. The molecule has 0 fully saturated rings. The second-order valence-corrected chi connectivity index (χ2v) is 7.27. The lowest BCUT2D eigenvalue weighted by Gasteiger charge is -2.10. The molecule has 0 saturated heterocycles. The number of carbonyl (C=O) groups is 1. The Morgan fingerprint density at radius 1 is 1.00 bits per heavy atom. The van der Waals surface area contributed by atoms with Crippen LogP contribution in [-0.2, 0) is 6.54 Å². The zero-order chi connectivity index (χ0) is 19.5. The van der Waals surface area contributed by atoms with Crippen molar-refractivity contribution >= 4 is 21.7 Å². The fraction of sp³-hybridized carbons (Fsp3) is 0.190. The number of fused-ring (bicyclic) bond motifs is 1. The first kappa shape index (κ1) is 18.4. The van der Waals surface area contributed by atoms with Crippen LogP contribution >= 0.6 is 15.9 Å². The normalized spacial score (nSPS) is 13.0. The average molecular weight is 441 g/mol. The largest absolute Gasteiger partial charge is 0.490 e. The molecule has 0 aliphatic carbocycles. The molecule has 0 unspecified atom stereocenters. The van der Waals surface area contributed by atoms with Gasteiger partial charge in [0.25, 0.3) is 5.56 Å². The Labute approximate surface area is 169 Å². The number of benzene rings is 2. The van der Waals surface area contributed by atoms with E-state index in [9.17, 15) is 9.59 Å². The van der Waals surface area contributed by atoms with Crippen LogP contribution < -0.4 is 15.0 Å². The Kier molecular flexibility index (Phi) is 5.25. The molecule has 0 bridgehead atoms. The molecule has 2 aromatic carbocycles. The molecular weight excluding hydrogens is 424 g/mol. The number of ether oxygens (including phenoxy) is 2. The van der Waals surface area contributed by atoms with E-state index >= 15 is 0 Å². The van der Waals surface area contributed by atoms with Gasteiger partial charge in [-0.3, -0.25) is 9.59 Å². The minimum absolute atomic E-state index is 0.150. The zero-order valence-electron chi connectivity index (χ0n) is 14.9. The first-order chi connectivity index (χ1) is 13.6. The molecule has 4 rings (SSSR count). The Morgan fingerprint density at radius 3 is 2.54 bits per heavy atom. The topological polar surface area (TPSA) is 70.4 Å². The van der Waals surface area contributed by atoms with Crippen molar-refractivity contribution < 1.29 is 14.3 Å². The summed E-state index contributed by atoms with van der Waals surface area (Å²) in [6, 6.07) is 15.7. The van der Waals surface area contributed by atoms with E-state index in [0.29, 0.717) is 36.0 Å². The number of Topliss-reactive ketones (excluding diaryl/α,β-unsaturated/α-hetero) is 1. The highest BCUT2D eigenvalue weighted by atomic mass is 79.9. The van der Waals surface area contributed by atoms with Crippen molar-refractivity contribution in [1.29, 1.82) is 0 Å². The highest BCUT2D eigenvalue weighted by Crippen LogP contribution is 2.30. The number of ketones is 1. The van der Waals surface area contributed by atoms with Crippen LogP contribution in [0.2, 0.25) is 0 Å². The number of hydrogen-bond donors (Lipinski definition) is 0. The molecule has 142 valence electrons. The Bertz CT molecular complexity index is 1080. The number of halogens is 1. The van der Waals surface area contributed by atoms with Crippen LogP contribution in [0.3, 0.4) is 0 Å². The van der Waals surface area contributed by atoms with E-state index in [0.717, 1.165) is 16.5 Å². The van der Waals surface area contributed by atoms with E-state index in [2.05, 4.69) is 21.0 Å². The number of aromatic nitrogens is 2. The maximum atomic E-state index is 12.7. The third-order valence-corrected chi connectivity index (χ3v) is 4.90. The van der Waals surface area contributed by atoms with Gasteiger partial charge in [-0.1, -0.05) is 28.1 Å². The molecule has 1 aromatic heterocycles. The van der Waals surface area contributed by atoms with Crippen LogP contribution in [0.5, 0.6) is 11.5 Å². The van der Waals surface area contributed by atoms with Crippen LogP contribution in [0.4, 0.5) is 0 Å². The molecular formula is C21H17BrN2O4. The summed E-state index contributed by atoms with van der Waals surface area (Å²) < 4.78 is 13.4. The summed E-state index contributed by atoms with van der Waals surface area (Å²) >= 11 is 3.39. The molecule has 1 aliphatic rings. The average Bonchev–Trinajstić information content (AvgIpc) is 2.95. The van der Waals surface area contributed by atoms with Crippen LogP contribution in [0.25, 0.3) is 11.3 Å². The quantitative estimate of drug-likeness (QED) is 0.578. The van der Waals surface area contributed by atoms with Crippen molar-refractivity contribution in [3.63, 3.8) is 0 Å². The van der Waals surface area contributed by atoms with Crippen molar-refractivity contribution in [2.75, 3.05) is 13.2 Å². The maximum absolute atomic E-state index is 12.7. The third-order valence-electron chi connectivity index (χ3n) is 4.37. The zero-order valence-corrected chi connectivity index (χ0v) is 16.5. The van der Waals surface area contributed by atoms with Gasteiger partial charge in [0.2, 0.25) is 0 Å². The second-order valence-electron chi connectivity index (χ2n) is 6.36. The fourth-order valence-electron chi connectivity index (χ4n) is 2.90. The standard InChI is InChI=1S/C21H17BrN2O4/c22-16-5-2-14(3-6-16)17-7-9-21(26)24(23-17)13-18(25)15-4-8-19-20(12-15)28-11-1-10-27-19/h2-9,12H,1,10-11,13H2. The van der Waals surface area contributed by atoms with Gasteiger partial charge in [0.15, 0.2) is 17.3 Å². The third kappa shape index (κ3) is 3.99. The van der Waals surface area contributed by atoms with Gasteiger partial charge in [-0.2, -0.15) is 5.10 Å². The van der Waals surface area contributed by atoms with Crippen molar-refractivity contribution in [1.82, 2.24) is 9.78 Å². The van der Waals surface area contributed by atoms with E-state index in [4.69, 9.17) is 9.47 Å². The molecule has 0 amide bonds. The van der Waals surface area contributed by atoms with Gasteiger partial charge >= 0.3 is 0 Å². The van der Waals surface area contributed by atoms with Crippen molar-refractivity contribution in [2.45, 2.75) is 13.0 Å². The van der Waals surface area contributed by atoms with Gasteiger partial charge in [-0.05, 0) is 36.4 Å². The predicted molar refractivity (Wildman–Crippen MR) is 108 cm³/mol. The van der Waals surface area contributed by atoms with Crippen molar-refractivity contribution in [3.8, 4) is 22.8 Å². The van der Waals surface area contributed by atoms with Crippen LogP contribution in [-0.4, -0.2) is 28.8 Å². The van der Waals surface area contributed by atoms with Gasteiger partial charge in [-0.15, -0.1) is 0 Å². The van der Waals surface area contributed by atoms with Crippen LogP contribution in [0.15, 0.2) is 63.9 Å². The van der Waals surface area contributed by atoms with Crippen LogP contribution in [0, 0.1) is 0 Å². The number of rotatable bonds is 4. The smallest absolute Gasteiger partial charge is 0.267 e. The van der Waals surface area contributed by atoms with Crippen molar-refractivity contribution in [3.05, 3.63) is 75.0 Å². The van der Waals surface area contributed by atoms with E-state index in [1.54, 1.807) is 24.3 Å². The van der Waals surface area contributed by atoms with Gasteiger partial charge in [0.1, 0.15) is 6.54 Å². The summed E-state index contributed by atoms with van der Waals surface area (Å²) in [5.41, 5.74) is 1.61. The molecule has 0 radical (unpaired) electrons. The summed E-state index contributed by atoms with van der Waals surface area (Å²) in [7, 11) is 0. The summed E-state index contributed by atoms with van der Waals surface area (Å²) in [6.07, 6.45) is 0.792. The van der Waals surface area contributed by atoms with Gasteiger partial charge in [0.05, 0.1) is 18.9 Å².